The SMILES string of the molecule is CCCOc1ccc(O[C@@H]2C[C@H]3CC[C@@H](C2)N3C(=O)O)cc1. The maximum Gasteiger partial charge on any atom is 0.407 e. The number of ether oxygens (including phenoxy) is 2. The van der Waals surface area contributed by atoms with Crippen LogP contribution < -0.4 is 9.47 Å². The number of benzene rings is 1. The van der Waals surface area contributed by atoms with Crippen molar-refractivity contribution in [3.8, 4) is 11.5 Å². The number of carbonyl (C=O) groups is 1. The molecular formula is C17H23NO4. The summed E-state index contributed by atoms with van der Waals surface area (Å²) in [6.07, 6.45) is 3.80. The van der Waals surface area contributed by atoms with Crippen LogP contribution in [0.5, 0.6) is 11.5 Å². The fourth-order valence-corrected chi connectivity index (χ4v) is 3.56. The first-order valence-corrected chi connectivity index (χ1v) is 8.08. The van der Waals surface area contributed by atoms with Crippen molar-refractivity contribution < 1.29 is 19.4 Å². The Kier molecular flexibility index (Phi) is 4.41. The summed E-state index contributed by atoms with van der Waals surface area (Å²) in [4.78, 5) is 12.9. The van der Waals surface area contributed by atoms with Crippen molar-refractivity contribution in [3.05, 3.63) is 24.3 Å². The normalized spacial score (nSPS) is 26.8. The van der Waals surface area contributed by atoms with Gasteiger partial charge >= 0.3 is 6.09 Å². The van der Waals surface area contributed by atoms with Crippen LogP contribution in [-0.4, -0.2) is 40.9 Å². The van der Waals surface area contributed by atoms with E-state index >= 15 is 0 Å². The first-order valence-electron chi connectivity index (χ1n) is 8.08. The van der Waals surface area contributed by atoms with Crippen LogP contribution in [0.4, 0.5) is 4.79 Å². The van der Waals surface area contributed by atoms with Crippen molar-refractivity contribution in [2.75, 3.05) is 6.61 Å². The summed E-state index contributed by atoms with van der Waals surface area (Å²) in [5, 5.41) is 9.27. The summed E-state index contributed by atoms with van der Waals surface area (Å²) in [5.74, 6) is 1.69. The smallest absolute Gasteiger partial charge is 0.407 e. The lowest BCUT2D eigenvalue weighted by atomic mass is 10.0. The van der Waals surface area contributed by atoms with E-state index in [9.17, 15) is 9.90 Å². The number of nitrogens with zero attached hydrogens (tertiary/aromatic N) is 1. The third kappa shape index (κ3) is 3.13. The van der Waals surface area contributed by atoms with Gasteiger partial charge in [-0.25, -0.2) is 4.79 Å². The molecule has 1 amide bonds. The molecule has 120 valence electrons. The molecule has 2 aliphatic rings. The number of hydrogen-bond acceptors (Lipinski definition) is 3. The molecule has 2 heterocycles. The van der Waals surface area contributed by atoms with Gasteiger partial charge in [0.2, 0.25) is 0 Å². The topological polar surface area (TPSA) is 59.0 Å². The van der Waals surface area contributed by atoms with Gasteiger partial charge in [-0.05, 0) is 43.5 Å². The first-order chi connectivity index (χ1) is 10.7. The third-order valence-electron chi connectivity index (χ3n) is 4.51. The predicted octanol–water partition coefficient (Wildman–Crippen LogP) is 3.53. The molecule has 0 aliphatic carbocycles. The summed E-state index contributed by atoms with van der Waals surface area (Å²) < 4.78 is 11.6. The molecule has 0 aromatic heterocycles. The highest BCUT2D eigenvalue weighted by Gasteiger charge is 2.44. The summed E-state index contributed by atoms with van der Waals surface area (Å²) in [5.41, 5.74) is 0. The number of amides is 1. The average molecular weight is 305 g/mol. The van der Waals surface area contributed by atoms with E-state index in [0.29, 0.717) is 0 Å². The Bertz CT molecular complexity index is 502. The van der Waals surface area contributed by atoms with Gasteiger partial charge in [-0.1, -0.05) is 6.92 Å². The largest absolute Gasteiger partial charge is 0.494 e. The minimum atomic E-state index is -0.789. The van der Waals surface area contributed by atoms with E-state index in [0.717, 1.165) is 50.2 Å². The van der Waals surface area contributed by atoms with E-state index < -0.39 is 6.09 Å². The summed E-state index contributed by atoms with van der Waals surface area (Å²) in [6.45, 7) is 2.80. The molecule has 0 radical (unpaired) electrons. The highest BCUT2D eigenvalue weighted by Crippen LogP contribution is 2.37. The molecular weight excluding hydrogens is 282 g/mol. The Hall–Kier alpha value is -1.91. The van der Waals surface area contributed by atoms with Crippen LogP contribution in [0.1, 0.15) is 39.0 Å². The molecule has 0 spiro atoms. The summed E-state index contributed by atoms with van der Waals surface area (Å²) in [7, 11) is 0. The van der Waals surface area contributed by atoms with E-state index in [2.05, 4.69) is 6.92 Å². The highest BCUT2D eigenvalue weighted by molar-refractivity contribution is 5.66. The van der Waals surface area contributed by atoms with E-state index in [1.165, 1.54) is 0 Å². The van der Waals surface area contributed by atoms with Gasteiger partial charge in [0, 0.05) is 24.9 Å². The fraction of sp³-hybridized carbons (Fsp3) is 0.588. The van der Waals surface area contributed by atoms with E-state index in [1.807, 2.05) is 24.3 Å². The van der Waals surface area contributed by atoms with Gasteiger partial charge in [0.1, 0.15) is 17.6 Å². The average Bonchev–Trinajstić information content (AvgIpc) is 2.79. The predicted molar refractivity (Wildman–Crippen MR) is 82.6 cm³/mol. The van der Waals surface area contributed by atoms with Crippen LogP contribution in [0.15, 0.2) is 24.3 Å². The van der Waals surface area contributed by atoms with Crippen molar-refractivity contribution in [2.24, 2.45) is 0 Å². The maximum absolute atomic E-state index is 11.3. The molecule has 2 fully saturated rings. The minimum Gasteiger partial charge on any atom is -0.494 e. The zero-order chi connectivity index (χ0) is 15.5. The van der Waals surface area contributed by atoms with Gasteiger partial charge in [-0.2, -0.15) is 0 Å². The first kappa shape index (κ1) is 15.0. The van der Waals surface area contributed by atoms with Crippen LogP contribution in [0.3, 0.4) is 0 Å². The number of hydrogen-bond donors (Lipinski definition) is 1. The molecule has 5 nitrogen and oxygen atoms in total. The van der Waals surface area contributed by atoms with Crippen molar-refractivity contribution in [1.29, 1.82) is 0 Å². The highest BCUT2D eigenvalue weighted by atomic mass is 16.5. The van der Waals surface area contributed by atoms with Crippen LogP contribution >= 0.6 is 0 Å². The van der Waals surface area contributed by atoms with E-state index in [-0.39, 0.29) is 18.2 Å². The zero-order valence-corrected chi connectivity index (χ0v) is 12.9. The molecule has 5 heteroatoms. The Morgan fingerprint density at radius 3 is 2.32 bits per heavy atom. The van der Waals surface area contributed by atoms with Gasteiger partial charge in [0.15, 0.2) is 0 Å². The molecule has 22 heavy (non-hydrogen) atoms. The molecule has 1 N–H and O–H groups in total. The van der Waals surface area contributed by atoms with Gasteiger partial charge < -0.3 is 19.5 Å². The Morgan fingerprint density at radius 2 is 1.77 bits per heavy atom. The van der Waals surface area contributed by atoms with Crippen molar-refractivity contribution >= 4 is 6.09 Å². The minimum absolute atomic E-state index is 0.107. The van der Waals surface area contributed by atoms with Crippen LogP contribution in [0, 0.1) is 0 Å². The number of rotatable bonds is 5. The Morgan fingerprint density at radius 1 is 1.18 bits per heavy atom. The van der Waals surface area contributed by atoms with Crippen molar-refractivity contribution in [1.82, 2.24) is 4.90 Å². The molecule has 0 unspecified atom stereocenters. The fourth-order valence-electron chi connectivity index (χ4n) is 3.56. The summed E-state index contributed by atoms with van der Waals surface area (Å²) >= 11 is 0. The van der Waals surface area contributed by atoms with Gasteiger partial charge in [0.25, 0.3) is 0 Å². The monoisotopic (exact) mass is 305 g/mol. The van der Waals surface area contributed by atoms with E-state index in [4.69, 9.17) is 9.47 Å². The van der Waals surface area contributed by atoms with Crippen LogP contribution in [0.2, 0.25) is 0 Å². The van der Waals surface area contributed by atoms with Gasteiger partial charge in [0.05, 0.1) is 6.61 Å². The molecule has 2 saturated heterocycles. The molecule has 3 rings (SSSR count). The van der Waals surface area contributed by atoms with Gasteiger partial charge in [-0.15, -0.1) is 0 Å². The zero-order valence-electron chi connectivity index (χ0n) is 12.9. The lowest BCUT2D eigenvalue weighted by Gasteiger charge is -2.37. The lowest BCUT2D eigenvalue weighted by molar-refractivity contribution is 0.0495. The molecule has 1 aromatic carbocycles. The second kappa shape index (κ2) is 6.46. The van der Waals surface area contributed by atoms with Crippen molar-refractivity contribution in [2.45, 2.75) is 57.2 Å². The molecule has 2 aliphatic heterocycles. The van der Waals surface area contributed by atoms with E-state index in [1.54, 1.807) is 4.90 Å². The maximum atomic E-state index is 11.3. The number of piperidine rings is 1. The standard InChI is InChI=1S/C17H23NO4/c1-2-9-21-14-5-7-15(8-6-14)22-16-10-12-3-4-13(11-16)18(12)17(19)20/h5-8,12-13,16H,2-4,9-11H2,1H3,(H,19,20)/t12-,13+,16-. The lowest BCUT2D eigenvalue weighted by Crippen LogP contribution is -2.48. The molecule has 0 saturated carbocycles. The number of fused-ring (bicyclic) bond motifs is 2. The van der Waals surface area contributed by atoms with Crippen LogP contribution in [-0.2, 0) is 0 Å². The Balaban J connectivity index is 1.57. The Labute approximate surface area is 130 Å². The molecule has 3 atom stereocenters. The van der Waals surface area contributed by atoms with Gasteiger partial charge in [-0.3, -0.25) is 0 Å². The second-order valence-corrected chi connectivity index (χ2v) is 6.11. The van der Waals surface area contributed by atoms with Crippen molar-refractivity contribution in [3.63, 3.8) is 0 Å². The molecule has 1 aromatic rings. The van der Waals surface area contributed by atoms with Crippen LogP contribution in [0.25, 0.3) is 0 Å². The third-order valence-corrected chi connectivity index (χ3v) is 4.51. The second-order valence-electron chi connectivity index (χ2n) is 6.11. The number of carboxylic acid groups (broad SMARTS) is 1. The quantitative estimate of drug-likeness (QED) is 0.904. The molecule has 2 bridgehead atoms. The summed E-state index contributed by atoms with van der Waals surface area (Å²) in [6, 6.07) is 7.94.